The number of halogens is 2. The molecule has 0 atom stereocenters. The summed E-state index contributed by atoms with van der Waals surface area (Å²) in [6.07, 6.45) is 5.40. The van der Waals surface area contributed by atoms with Crippen molar-refractivity contribution in [2.24, 2.45) is 11.1 Å². The van der Waals surface area contributed by atoms with E-state index in [9.17, 15) is 13.6 Å². The third kappa shape index (κ3) is 3.79. The Labute approximate surface area is 123 Å². The first kappa shape index (κ1) is 15.9. The number of rotatable bonds is 4. The number of hydrogen-bond acceptors (Lipinski definition) is 2. The van der Waals surface area contributed by atoms with Crippen LogP contribution >= 0.6 is 0 Å². The fourth-order valence-electron chi connectivity index (χ4n) is 3.03. The largest absolute Gasteiger partial charge is 0.330 e. The molecule has 0 heterocycles. The lowest BCUT2D eigenvalue weighted by atomic mass is 9.71. The van der Waals surface area contributed by atoms with Crippen molar-refractivity contribution in [3.63, 3.8) is 0 Å². The lowest BCUT2D eigenvalue weighted by Crippen LogP contribution is -2.36. The van der Waals surface area contributed by atoms with Gasteiger partial charge in [0.15, 0.2) is 0 Å². The zero-order valence-electron chi connectivity index (χ0n) is 12.3. The van der Waals surface area contributed by atoms with Crippen LogP contribution < -0.4 is 11.1 Å². The van der Waals surface area contributed by atoms with Crippen molar-refractivity contribution in [2.45, 2.75) is 45.4 Å². The second-order valence-corrected chi connectivity index (χ2v) is 6.07. The third-order valence-electron chi connectivity index (χ3n) is 4.41. The molecule has 1 aromatic carbocycles. The molecule has 1 saturated carbocycles. The number of carbonyl (C=O) groups is 1. The molecule has 1 amide bonds. The Morgan fingerprint density at radius 3 is 2.52 bits per heavy atom. The van der Waals surface area contributed by atoms with Gasteiger partial charge in [-0.15, -0.1) is 0 Å². The molecule has 1 fully saturated rings. The fraction of sp³-hybridized carbons (Fsp3) is 0.562. The lowest BCUT2D eigenvalue weighted by molar-refractivity contribution is -0.118. The zero-order valence-corrected chi connectivity index (χ0v) is 12.3. The maximum atomic E-state index is 13.7. The molecule has 2 rings (SSSR count). The van der Waals surface area contributed by atoms with Gasteiger partial charge in [0.25, 0.3) is 0 Å². The van der Waals surface area contributed by atoms with Crippen LogP contribution in [0.2, 0.25) is 0 Å². The molecule has 5 heteroatoms. The number of nitrogens with two attached hydrogens (primary N) is 1. The van der Waals surface area contributed by atoms with Gasteiger partial charge in [-0.3, -0.25) is 4.79 Å². The second-order valence-electron chi connectivity index (χ2n) is 6.07. The second kappa shape index (κ2) is 6.52. The summed E-state index contributed by atoms with van der Waals surface area (Å²) >= 11 is 0. The molecule has 1 aliphatic rings. The van der Waals surface area contributed by atoms with Gasteiger partial charge in [-0.25, -0.2) is 8.78 Å². The topological polar surface area (TPSA) is 55.1 Å². The van der Waals surface area contributed by atoms with Crippen molar-refractivity contribution in [1.29, 1.82) is 0 Å². The van der Waals surface area contributed by atoms with Crippen molar-refractivity contribution in [1.82, 2.24) is 0 Å². The number of benzene rings is 1. The van der Waals surface area contributed by atoms with Gasteiger partial charge in [0.2, 0.25) is 5.91 Å². The summed E-state index contributed by atoms with van der Waals surface area (Å²) < 4.78 is 27.2. The Morgan fingerprint density at radius 1 is 1.24 bits per heavy atom. The van der Waals surface area contributed by atoms with Crippen LogP contribution in [0.4, 0.5) is 14.5 Å². The average Bonchev–Trinajstić information content (AvgIpc) is 2.45. The van der Waals surface area contributed by atoms with Crippen LogP contribution in [0.25, 0.3) is 0 Å². The third-order valence-corrected chi connectivity index (χ3v) is 4.41. The number of nitrogens with one attached hydrogen (secondary N) is 1. The highest BCUT2D eigenvalue weighted by Gasteiger charge is 2.33. The van der Waals surface area contributed by atoms with Crippen LogP contribution in [-0.4, -0.2) is 12.5 Å². The zero-order chi connectivity index (χ0) is 15.5. The van der Waals surface area contributed by atoms with Gasteiger partial charge in [-0.2, -0.15) is 0 Å². The highest BCUT2D eigenvalue weighted by molar-refractivity contribution is 5.91. The predicted molar refractivity (Wildman–Crippen MR) is 78.9 cm³/mol. The van der Waals surface area contributed by atoms with E-state index in [1.54, 1.807) is 0 Å². The van der Waals surface area contributed by atoms with Crippen molar-refractivity contribution < 1.29 is 13.6 Å². The van der Waals surface area contributed by atoms with Crippen molar-refractivity contribution in [3.05, 3.63) is 29.3 Å². The minimum Gasteiger partial charge on any atom is -0.330 e. The van der Waals surface area contributed by atoms with E-state index in [2.05, 4.69) is 5.32 Å². The van der Waals surface area contributed by atoms with Gasteiger partial charge in [0.05, 0.1) is 5.69 Å². The molecule has 0 unspecified atom stereocenters. The Morgan fingerprint density at radius 2 is 1.90 bits per heavy atom. The number of carbonyl (C=O) groups excluding carboxylic acids is 1. The van der Waals surface area contributed by atoms with Gasteiger partial charge in [0.1, 0.15) is 11.6 Å². The average molecular weight is 296 g/mol. The van der Waals surface area contributed by atoms with Crippen molar-refractivity contribution in [2.75, 3.05) is 11.9 Å². The Hall–Kier alpha value is -1.49. The Balaban J connectivity index is 2.06. The molecule has 0 bridgehead atoms. The smallest absolute Gasteiger partial charge is 0.225 e. The van der Waals surface area contributed by atoms with E-state index in [0.29, 0.717) is 6.54 Å². The number of hydrogen-bond donors (Lipinski definition) is 2. The molecular formula is C16H22F2N2O. The van der Waals surface area contributed by atoms with E-state index in [4.69, 9.17) is 5.73 Å². The number of anilines is 1. The summed E-state index contributed by atoms with van der Waals surface area (Å²) in [4.78, 5) is 12.1. The van der Waals surface area contributed by atoms with E-state index in [1.165, 1.54) is 13.3 Å². The Bertz CT molecular complexity index is 525. The van der Waals surface area contributed by atoms with Gasteiger partial charge in [0, 0.05) is 12.5 Å². The first-order valence-electron chi connectivity index (χ1n) is 7.41. The van der Waals surface area contributed by atoms with Gasteiger partial charge < -0.3 is 11.1 Å². The molecule has 1 aromatic rings. The molecule has 3 nitrogen and oxygen atoms in total. The van der Waals surface area contributed by atoms with Crippen LogP contribution in [0, 0.1) is 24.0 Å². The lowest BCUT2D eigenvalue weighted by Gasteiger charge is -2.35. The number of amides is 1. The van der Waals surface area contributed by atoms with Crippen molar-refractivity contribution in [3.8, 4) is 0 Å². The van der Waals surface area contributed by atoms with E-state index in [-0.39, 0.29) is 29.0 Å². The molecule has 21 heavy (non-hydrogen) atoms. The van der Waals surface area contributed by atoms with Crippen LogP contribution in [-0.2, 0) is 4.79 Å². The molecule has 3 N–H and O–H groups in total. The van der Waals surface area contributed by atoms with Crippen LogP contribution in [0.1, 0.15) is 44.1 Å². The maximum Gasteiger partial charge on any atom is 0.225 e. The summed E-state index contributed by atoms with van der Waals surface area (Å²) in [5.41, 5.74) is 5.76. The molecule has 0 aromatic heterocycles. The Kier molecular flexibility index (Phi) is 4.93. The van der Waals surface area contributed by atoms with Crippen molar-refractivity contribution >= 4 is 11.6 Å². The standard InChI is InChI=1S/C16H22F2N2O/c1-11-7-13(18)14(8-12(11)17)20-15(21)9-16(10-19)5-3-2-4-6-16/h7-8H,2-6,9-10,19H2,1H3,(H,20,21). The molecule has 0 radical (unpaired) electrons. The monoisotopic (exact) mass is 296 g/mol. The molecule has 0 aliphatic heterocycles. The molecule has 0 saturated heterocycles. The van der Waals surface area contributed by atoms with Gasteiger partial charge in [-0.1, -0.05) is 19.3 Å². The minimum atomic E-state index is -0.618. The normalized spacial score (nSPS) is 17.5. The van der Waals surface area contributed by atoms with Crippen LogP contribution in [0.15, 0.2) is 12.1 Å². The summed E-state index contributed by atoms with van der Waals surface area (Å²) in [5, 5.41) is 2.48. The summed E-state index contributed by atoms with van der Waals surface area (Å²) in [6, 6.07) is 2.11. The summed E-state index contributed by atoms with van der Waals surface area (Å²) in [6.45, 7) is 1.93. The summed E-state index contributed by atoms with van der Waals surface area (Å²) in [7, 11) is 0. The number of aryl methyl sites for hydroxylation is 1. The van der Waals surface area contributed by atoms with Gasteiger partial charge >= 0.3 is 0 Å². The van der Waals surface area contributed by atoms with Crippen LogP contribution in [0.3, 0.4) is 0 Å². The quantitative estimate of drug-likeness (QED) is 0.893. The highest BCUT2D eigenvalue weighted by Crippen LogP contribution is 2.38. The highest BCUT2D eigenvalue weighted by atomic mass is 19.1. The van der Waals surface area contributed by atoms with E-state index >= 15 is 0 Å². The molecule has 116 valence electrons. The maximum absolute atomic E-state index is 13.7. The van der Waals surface area contributed by atoms with Crippen LogP contribution in [0.5, 0.6) is 0 Å². The van der Waals surface area contributed by atoms with E-state index < -0.39 is 11.6 Å². The predicted octanol–water partition coefficient (Wildman–Crippen LogP) is 3.51. The first-order valence-corrected chi connectivity index (χ1v) is 7.41. The van der Waals surface area contributed by atoms with E-state index in [1.807, 2.05) is 0 Å². The molecule has 1 aliphatic carbocycles. The SMILES string of the molecule is Cc1cc(F)c(NC(=O)CC2(CN)CCCCC2)cc1F. The molecule has 0 spiro atoms. The molecular weight excluding hydrogens is 274 g/mol. The fourth-order valence-corrected chi connectivity index (χ4v) is 3.03. The van der Waals surface area contributed by atoms with E-state index in [0.717, 1.165) is 37.8 Å². The summed E-state index contributed by atoms with van der Waals surface area (Å²) in [5.74, 6) is -1.45. The first-order chi connectivity index (χ1) is 9.96. The van der Waals surface area contributed by atoms with Gasteiger partial charge in [-0.05, 0) is 43.4 Å². The minimum absolute atomic E-state index is 0.105.